The van der Waals surface area contributed by atoms with Crippen molar-refractivity contribution in [2.75, 3.05) is 19.6 Å². The van der Waals surface area contributed by atoms with Gasteiger partial charge in [-0.3, -0.25) is 0 Å². The summed E-state index contributed by atoms with van der Waals surface area (Å²) in [5, 5.41) is 0. The highest BCUT2D eigenvalue weighted by Gasteiger charge is 2.46. The zero-order chi connectivity index (χ0) is 16.4. The van der Waals surface area contributed by atoms with E-state index in [-0.39, 0.29) is 5.82 Å². The number of unbranched alkanes of at least 4 members (excludes halogenated alkanes) is 1. The van der Waals surface area contributed by atoms with Gasteiger partial charge in [0.15, 0.2) is 0 Å². The van der Waals surface area contributed by atoms with Crippen LogP contribution in [0.25, 0.3) is 0 Å². The van der Waals surface area contributed by atoms with Gasteiger partial charge in [0.1, 0.15) is 5.82 Å². The standard InChI is InChI=1S/C22H26FN/c23-20-11-9-17(10-12-20)6-4-5-13-24-15-19-14-21(22(19)16-24)18-7-2-1-3-8-18/h1-3,7-12,19,21-22H,4-6,13-16H2. The van der Waals surface area contributed by atoms with Gasteiger partial charge in [-0.05, 0) is 73.2 Å². The molecule has 1 aliphatic carbocycles. The Labute approximate surface area is 144 Å². The van der Waals surface area contributed by atoms with Crippen molar-refractivity contribution in [1.82, 2.24) is 4.90 Å². The topological polar surface area (TPSA) is 3.24 Å². The van der Waals surface area contributed by atoms with Crippen molar-refractivity contribution in [3.8, 4) is 0 Å². The van der Waals surface area contributed by atoms with Gasteiger partial charge in [0, 0.05) is 13.1 Å². The van der Waals surface area contributed by atoms with Crippen molar-refractivity contribution in [2.24, 2.45) is 11.8 Å². The average Bonchev–Trinajstić information content (AvgIpc) is 2.91. The number of aryl methyl sites for hydroxylation is 1. The Morgan fingerprint density at radius 1 is 0.917 bits per heavy atom. The predicted molar refractivity (Wildman–Crippen MR) is 96.6 cm³/mol. The second-order valence-electron chi connectivity index (χ2n) is 7.52. The third-order valence-electron chi connectivity index (χ3n) is 5.97. The number of nitrogens with zero attached hydrogens (tertiary/aromatic N) is 1. The van der Waals surface area contributed by atoms with Crippen LogP contribution in [0.2, 0.25) is 0 Å². The summed E-state index contributed by atoms with van der Waals surface area (Å²) in [6.45, 7) is 3.79. The average molecular weight is 323 g/mol. The molecule has 3 atom stereocenters. The predicted octanol–water partition coefficient (Wildman–Crippen LogP) is 4.88. The molecule has 0 amide bonds. The lowest BCUT2D eigenvalue weighted by atomic mass is 9.64. The lowest BCUT2D eigenvalue weighted by Gasteiger charge is -2.40. The quantitative estimate of drug-likeness (QED) is 0.685. The molecule has 0 spiro atoms. The number of hydrogen-bond acceptors (Lipinski definition) is 1. The minimum atomic E-state index is -0.140. The number of halogens is 1. The van der Waals surface area contributed by atoms with E-state index in [2.05, 4.69) is 35.2 Å². The van der Waals surface area contributed by atoms with Crippen molar-refractivity contribution in [3.05, 3.63) is 71.5 Å². The van der Waals surface area contributed by atoms with Crippen LogP contribution in [0.4, 0.5) is 4.39 Å². The summed E-state index contributed by atoms with van der Waals surface area (Å²) in [5.41, 5.74) is 2.79. The van der Waals surface area contributed by atoms with Crippen LogP contribution < -0.4 is 0 Å². The van der Waals surface area contributed by atoms with E-state index in [0.29, 0.717) is 0 Å². The van der Waals surface area contributed by atoms with Crippen LogP contribution in [-0.4, -0.2) is 24.5 Å². The van der Waals surface area contributed by atoms with E-state index in [1.807, 2.05) is 12.1 Å². The first-order chi connectivity index (χ1) is 11.8. The first-order valence-electron chi connectivity index (χ1n) is 9.31. The fraction of sp³-hybridized carbons (Fsp3) is 0.455. The van der Waals surface area contributed by atoms with Crippen LogP contribution in [0.1, 0.15) is 36.3 Å². The summed E-state index contributed by atoms with van der Waals surface area (Å²) < 4.78 is 12.9. The Morgan fingerprint density at radius 2 is 1.71 bits per heavy atom. The fourth-order valence-electron chi connectivity index (χ4n) is 4.58. The Balaban J connectivity index is 1.20. The lowest BCUT2D eigenvalue weighted by Crippen LogP contribution is -2.33. The van der Waals surface area contributed by atoms with Crippen LogP contribution in [0, 0.1) is 17.7 Å². The summed E-state index contributed by atoms with van der Waals surface area (Å²) >= 11 is 0. The molecule has 0 N–H and O–H groups in total. The largest absolute Gasteiger partial charge is 0.303 e. The van der Waals surface area contributed by atoms with Gasteiger partial charge in [0.2, 0.25) is 0 Å². The molecule has 0 bridgehead atoms. The highest BCUT2D eigenvalue weighted by Crippen LogP contribution is 2.51. The maximum absolute atomic E-state index is 12.9. The van der Waals surface area contributed by atoms with Crippen molar-refractivity contribution >= 4 is 0 Å². The van der Waals surface area contributed by atoms with Crippen LogP contribution in [-0.2, 0) is 6.42 Å². The monoisotopic (exact) mass is 323 g/mol. The zero-order valence-corrected chi connectivity index (χ0v) is 14.2. The lowest BCUT2D eigenvalue weighted by molar-refractivity contribution is 0.191. The third-order valence-corrected chi connectivity index (χ3v) is 5.97. The number of benzene rings is 2. The summed E-state index contributed by atoms with van der Waals surface area (Å²) in [4.78, 5) is 2.67. The zero-order valence-electron chi connectivity index (χ0n) is 14.2. The number of rotatable bonds is 6. The highest BCUT2D eigenvalue weighted by atomic mass is 19.1. The summed E-state index contributed by atoms with van der Waals surface area (Å²) in [6, 6.07) is 18.0. The Hall–Kier alpha value is -1.67. The van der Waals surface area contributed by atoms with Crippen LogP contribution in [0.15, 0.2) is 54.6 Å². The molecule has 0 aromatic heterocycles. The van der Waals surface area contributed by atoms with E-state index in [1.54, 1.807) is 12.1 Å². The second-order valence-corrected chi connectivity index (χ2v) is 7.52. The van der Waals surface area contributed by atoms with E-state index >= 15 is 0 Å². The molecular formula is C22H26FN. The van der Waals surface area contributed by atoms with Gasteiger partial charge in [0.25, 0.3) is 0 Å². The molecule has 2 aliphatic rings. The van der Waals surface area contributed by atoms with Gasteiger partial charge in [-0.2, -0.15) is 0 Å². The maximum atomic E-state index is 12.9. The minimum Gasteiger partial charge on any atom is -0.303 e. The molecule has 1 saturated heterocycles. The Kier molecular flexibility index (Phi) is 4.66. The fourth-order valence-corrected chi connectivity index (χ4v) is 4.58. The van der Waals surface area contributed by atoms with Gasteiger partial charge in [-0.15, -0.1) is 0 Å². The van der Waals surface area contributed by atoms with E-state index in [4.69, 9.17) is 0 Å². The molecule has 2 aromatic carbocycles. The van der Waals surface area contributed by atoms with Crippen LogP contribution in [0.5, 0.6) is 0 Å². The second kappa shape index (κ2) is 7.06. The Bertz CT molecular complexity index is 651. The van der Waals surface area contributed by atoms with Crippen molar-refractivity contribution in [3.63, 3.8) is 0 Å². The molecule has 4 rings (SSSR count). The van der Waals surface area contributed by atoms with Gasteiger partial charge >= 0.3 is 0 Å². The van der Waals surface area contributed by atoms with Gasteiger partial charge in [0.05, 0.1) is 0 Å². The first-order valence-corrected chi connectivity index (χ1v) is 9.31. The number of hydrogen-bond donors (Lipinski definition) is 0. The van der Waals surface area contributed by atoms with E-state index in [9.17, 15) is 4.39 Å². The Morgan fingerprint density at radius 3 is 2.50 bits per heavy atom. The summed E-state index contributed by atoms with van der Waals surface area (Å²) in [6.07, 6.45) is 4.88. The molecule has 1 nitrogen and oxygen atoms in total. The molecule has 1 saturated carbocycles. The SMILES string of the molecule is Fc1ccc(CCCCN2CC3CC(c4ccccc4)C3C2)cc1. The van der Waals surface area contributed by atoms with Crippen molar-refractivity contribution in [2.45, 2.75) is 31.6 Å². The molecule has 126 valence electrons. The van der Waals surface area contributed by atoms with E-state index in [1.165, 1.54) is 50.0 Å². The number of likely N-dealkylation sites (tertiary alicyclic amines) is 1. The van der Waals surface area contributed by atoms with Gasteiger partial charge in [-0.25, -0.2) is 4.39 Å². The maximum Gasteiger partial charge on any atom is 0.123 e. The highest BCUT2D eigenvalue weighted by molar-refractivity contribution is 5.25. The van der Waals surface area contributed by atoms with Crippen LogP contribution >= 0.6 is 0 Å². The van der Waals surface area contributed by atoms with Crippen LogP contribution in [0.3, 0.4) is 0 Å². The first kappa shape index (κ1) is 15.8. The molecule has 3 unspecified atom stereocenters. The molecule has 1 heterocycles. The molecule has 1 aliphatic heterocycles. The normalized spacial score (nSPS) is 26.1. The van der Waals surface area contributed by atoms with E-state index < -0.39 is 0 Å². The molecule has 2 fully saturated rings. The smallest absolute Gasteiger partial charge is 0.123 e. The molecule has 2 aromatic rings. The minimum absolute atomic E-state index is 0.140. The summed E-state index contributed by atoms with van der Waals surface area (Å²) in [7, 11) is 0. The third kappa shape index (κ3) is 3.39. The molecular weight excluding hydrogens is 297 g/mol. The molecule has 24 heavy (non-hydrogen) atoms. The number of fused-ring (bicyclic) bond motifs is 1. The molecule has 2 heteroatoms. The van der Waals surface area contributed by atoms with Crippen molar-refractivity contribution in [1.29, 1.82) is 0 Å². The molecule has 0 radical (unpaired) electrons. The van der Waals surface area contributed by atoms with Crippen molar-refractivity contribution < 1.29 is 4.39 Å². The van der Waals surface area contributed by atoms with E-state index in [0.717, 1.165) is 24.2 Å². The summed E-state index contributed by atoms with van der Waals surface area (Å²) in [5.74, 6) is 2.46. The van der Waals surface area contributed by atoms with Gasteiger partial charge < -0.3 is 4.90 Å². The van der Waals surface area contributed by atoms with Gasteiger partial charge in [-0.1, -0.05) is 42.5 Å².